The van der Waals surface area contributed by atoms with E-state index in [2.05, 4.69) is 68.5 Å². The number of aromatic hydroxyl groups is 1. The van der Waals surface area contributed by atoms with Crippen LogP contribution in [-0.4, -0.2) is 179 Å². The third-order valence-corrected chi connectivity index (χ3v) is 18.7. The van der Waals surface area contributed by atoms with Crippen LogP contribution in [0.25, 0.3) is 21.8 Å². The summed E-state index contributed by atoms with van der Waals surface area (Å²) < 4.78 is 0. The quantitative estimate of drug-likeness (QED) is 0.0233. The first-order chi connectivity index (χ1) is 51.7. The highest BCUT2D eigenvalue weighted by Gasteiger charge is 2.37. The van der Waals surface area contributed by atoms with Crippen LogP contribution in [0.4, 0.5) is 0 Å². The zero-order valence-corrected chi connectivity index (χ0v) is 61.6. The predicted molar refractivity (Wildman–Crippen MR) is 405 cm³/mol. The molecule has 0 spiro atoms. The van der Waals surface area contributed by atoms with Gasteiger partial charge in [-0.2, -0.15) is 0 Å². The summed E-state index contributed by atoms with van der Waals surface area (Å²) in [6.07, 6.45) is 4.18. The van der Waals surface area contributed by atoms with Gasteiger partial charge in [-0.15, -0.1) is 0 Å². The van der Waals surface area contributed by atoms with Crippen LogP contribution in [0, 0.1) is 11.8 Å². The number of hydrogen-bond acceptors (Lipinski definition) is 17. The lowest BCUT2D eigenvalue weighted by Crippen LogP contribution is -2.60. The van der Waals surface area contributed by atoms with Crippen LogP contribution in [0.2, 0.25) is 0 Å². The Bertz CT molecular complexity index is 4020. The summed E-state index contributed by atoms with van der Waals surface area (Å²) in [6.45, 7) is 6.42. The molecule has 13 amide bonds. The van der Waals surface area contributed by atoms with Gasteiger partial charge in [0.2, 0.25) is 76.8 Å². The summed E-state index contributed by atoms with van der Waals surface area (Å²) in [5.41, 5.74) is 32.3. The molecule has 0 radical (unpaired) electrons. The van der Waals surface area contributed by atoms with Gasteiger partial charge in [-0.05, 0) is 123 Å². The number of carbonyl (C=O) groups excluding carboxylic acids is 13. The first kappa shape index (κ1) is 85.7. The first-order valence-electron chi connectivity index (χ1n) is 36.6. The fourth-order valence-electron chi connectivity index (χ4n) is 12.0. The number of rotatable bonds is 47. The number of amides is 13. The summed E-state index contributed by atoms with van der Waals surface area (Å²) in [4.78, 5) is 188. The zero-order chi connectivity index (χ0) is 78.8. The van der Waals surface area contributed by atoms with Gasteiger partial charge >= 0.3 is 0 Å². The molecular formula is C76H106N18O14. The first-order valence-corrected chi connectivity index (χ1v) is 36.6. The number of nitrogens with two attached hydrogens (primary N) is 5. The van der Waals surface area contributed by atoms with Crippen molar-refractivity contribution in [3.05, 3.63) is 138 Å². The number of hydrogen-bond donors (Lipinski definition) is 19. The topological polar surface area (TPSA) is 536 Å². The van der Waals surface area contributed by atoms with E-state index in [1.54, 1.807) is 80.0 Å². The maximum absolute atomic E-state index is 15.0. The average molecular weight is 1500 g/mol. The van der Waals surface area contributed by atoms with Crippen LogP contribution < -0.4 is 87.2 Å². The van der Waals surface area contributed by atoms with Gasteiger partial charge in [0.15, 0.2) is 0 Å². The molecular weight excluding hydrogens is 1390 g/mol. The Morgan fingerprint density at radius 2 is 0.796 bits per heavy atom. The summed E-state index contributed by atoms with van der Waals surface area (Å²) in [5.74, 6) is -11.0. The van der Waals surface area contributed by atoms with Crippen LogP contribution >= 0.6 is 0 Å². The van der Waals surface area contributed by atoms with E-state index in [0.717, 1.165) is 17.3 Å². The molecule has 6 aromatic rings. The van der Waals surface area contributed by atoms with E-state index in [1.165, 1.54) is 24.3 Å². The number of primary amides is 2. The Morgan fingerprint density at radius 1 is 0.398 bits per heavy atom. The molecule has 584 valence electrons. The number of H-pyrrole nitrogens is 2. The molecule has 1 unspecified atom stereocenters. The number of phenolic OH excluding ortho intramolecular Hbond substituents is 1. The van der Waals surface area contributed by atoms with Gasteiger partial charge in [-0.25, -0.2) is 0 Å². The standard InChI is InChI=1S/C76H106N18O14/c1-5-44(3)26-31-65(98)87-62(39-63(80)96)74(106)90-58(36-47-27-29-50(95)30-28-47)71(103)93-60(37-48-40-82-53-21-12-10-19-51(48)53)72(104)89-57(25-16-34-79)70(102)88-55(23-14-32-77)68(100)85-43-66(99)86-56(24-15-33-78)69(101)92-61(38-49-41-83-54-22-13-11-20-52(49)54)73(105)91-59(35-46-17-8-7-9-18-46)75(107)94-67(45(4)6-2)76(108)84-42-64(81)97/h7-13,17-22,27-30,40-41,44-45,55-62,67,82-83,95H,5-6,14-16,23-26,31-39,42-43,77-79H2,1-4H3,(H2,80,96)(H2,81,97)(H,84,108)(H,85,100)(H,86,99)(H,87,98)(H,88,102)(H,89,104)(H,90,106)(H,91,105)(H,92,101)(H,93,103)(H,94,107)/t44?,45-,55-,56+,57+,58+,59-,60+,61-,62+,67-/m0/s1. The summed E-state index contributed by atoms with van der Waals surface area (Å²) >= 11 is 0. The van der Waals surface area contributed by atoms with Gasteiger partial charge in [-0.1, -0.05) is 119 Å². The normalized spacial score (nSPS) is 14.2. The third-order valence-electron chi connectivity index (χ3n) is 18.7. The van der Waals surface area contributed by atoms with Crippen molar-refractivity contribution in [2.75, 3.05) is 32.7 Å². The van der Waals surface area contributed by atoms with Gasteiger partial charge < -0.3 is 102 Å². The minimum absolute atomic E-state index is 0.0361. The molecule has 11 atom stereocenters. The van der Waals surface area contributed by atoms with Crippen LogP contribution in [0.3, 0.4) is 0 Å². The van der Waals surface area contributed by atoms with Crippen molar-refractivity contribution in [2.45, 2.75) is 178 Å². The number of carbonyl (C=O) groups is 13. The highest BCUT2D eigenvalue weighted by Crippen LogP contribution is 2.23. The average Bonchev–Trinajstić information content (AvgIpc) is 1.68. The lowest BCUT2D eigenvalue weighted by atomic mass is 9.97. The van der Waals surface area contributed by atoms with Crippen LogP contribution in [0.5, 0.6) is 5.75 Å². The van der Waals surface area contributed by atoms with Crippen molar-refractivity contribution in [3.63, 3.8) is 0 Å². The molecule has 0 aliphatic heterocycles. The highest BCUT2D eigenvalue weighted by molar-refractivity contribution is 6.00. The molecule has 6 rings (SSSR count). The Balaban J connectivity index is 1.21. The van der Waals surface area contributed by atoms with Gasteiger partial charge in [0.05, 0.1) is 19.5 Å². The van der Waals surface area contributed by atoms with Crippen molar-refractivity contribution in [2.24, 2.45) is 40.5 Å². The lowest BCUT2D eigenvalue weighted by molar-refractivity contribution is -0.136. The molecule has 0 saturated heterocycles. The van der Waals surface area contributed by atoms with Gasteiger partial charge in [0.1, 0.15) is 60.1 Å². The van der Waals surface area contributed by atoms with Gasteiger partial charge in [0, 0.05) is 66.3 Å². The number of fused-ring (bicyclic) bond motifs is 2. The third kappa shape index (κ3) is 27.6. The largest absolute Gasteiger partial charge is 0.508 e. The molecule has 0 bridgehead atoms. The molecule has 4 aromatic carbocycles. The molecule has 108 heavy (non-hydrogen) atoms. The van der Waals surface area contributed by atoms with Crippen LogP contribution in [-0.2, 0) is 88.0 Å². The minimum atomic E-state index is -1.50. The highest BCUT2D eigenvalue weighted by atomic mass is 16.3. The summed E-state index contributed by atoms with van der Waals surface area (Å²) in [6, 6.07) is 16.3. The second-order valence-electron chi connectivity index (χ2n) is 27.1. The second-order valence-corrected chi connectivity index (χ2v) is 27.1. The fraction of sp³-hybridized carbons (Fsp3) is 0.461. The minimum Gasteiger partial charge on any atom is -0.508 e. The molecule has 0 aliphatic carbocycles. The van der Waals surface area contributed by atoms with Crippen molar-refractivity contribution >= 4 is 98.6 Å². The van der Waals surface area contributed by atoms with Crippen LogP contribution in [0.1, 0.15) is 121 Å². The van der Waals surface area contributed by atoms with E-state index in [1.807, 2.05) is 39.0 Å². The maximum atomic E-state index is 15.0. The molecule has 2 aromatic heterocycles. The van der Waals surface area contributed by atoms with Crippen molar-refractivity contribution in [1.82, 2.24) is 68.5 Å². The number of phenols is 1. The zero-order valence-electron chi connectivity index (χ0n) is 61.6. The van der Waals surface area contributed by atoms with E-state index < -0.39 is 157 Å². The Labute approximate surface area is 627 Å². The van der Waals surface area contributed by atoms with Crippen molar-refractivity contribution in [3.8, 4) is 5.75 Å². The lowest BCUT2D eigenvalue weighted by Gasteiger charge is -2.28. The monoisotopic (exact) mass is 1490 g/mol. The summed E-state index contributed by atoms with van der Waals surface area (Å²) in [7, 11) is 0. The molecule has 32 heteroatoms. The number of nitrogens with one attached hydrogen (secondary N) is 13. The van der Waals surface area contributed by atoms with Gasteiger partial charge in [0.25, 0.3) is 0 Å². The second kappa shape index (κ2) is 44.0. The van der Waals surface area contributed by atoms with E-state index >= 15 is 0 Å². The molecule has 0 fully saturated rings. The molecule has 32 nitrogen and oxygen atoms in total. The van der Waals surface area contributed by atoms with Crippen molar-refractivity contribution < 1.29 is 67.4 Å². The van der Waals surface area contributed by atoms with E-state index in [0.29, 0.717) is 46.0 Å². The van der Waals surface area contributed by atoms with Crippen LogP contribution in [0.15, 0.2) is 116 Å². The van der Waals surface area contributed by atoms with E-state index in [4.69, 9.17) is 28.7 Å². The number of aromatic amines is 2. The smallest absolute Gasteiger partial charge is 0.243 e. The molecule has 24 N–H and O–H groups in total. The maximum Gasteiger partial charge on any atom is 0.243 e. The van der Waals surface area contributed by atoms with Crippen molar-refractivity contribution in [1.29, 1.82) is 0 Å². The Hall–Kier alpha value is -11.3. The van der Waals surface area contributed by atoms with E-state index in [9.17, 15) is 67.4 Å². The number of benzene rings is 4. The Morgan fingerprint density at radius 3 is 1.26 bits per heavy atom. The predicted octanol–water partition coefficient (Wildman–Crippen LogP) is -0.329. The number of aromatic nitrogens is 2. The SMILES string of the molecule is CCC(C)CCC(=O)N[C@H](CC(N)=O)C(=O)N[C@H](Cc1ccc(O)cc1)C(=O)N[C@H](Cc1c[nH]c2ccccc12)C(=O)N[C@H](CCCN)C(=O)N[C@@H](CCCN)C(=O)NCC(=O)N[C@H](CCCN)C(=O)N[C@@H](Cc1c[nH]c2ccccc12)C(=O)N[C@@H](Cc1ccccc1)C(=O)N[C@H](C(=O)NCC(N)=O)[C@@H](C)CC. The fourth-order valence-corrected chi connectivity index (χ4v) is 12.0. The number of para-hydroxylation sites is 2. The molecule has 0 aliphatic rings. The molecule has 2 heterocycles. The van der Waals surface area contributed by atoms with Gasteiger partial charge in [-0.3, -0.25) is 62.3 Å². The molecule has 0 saturated carbocycles. The summed E-state index contributed by atoms with van der Waals surface area (Å²) in [5, 5.41) is 40.9. The Kier molecular flexibility index (Phi) is 34.9. The van der Waals surface area contributed by atoms with E-state index in [-0.39, 0.29) is 102 Å².